The lowest BCUT2D eigenvalue weighted by molar-refractivity contribution is -0.143. The van der Waals surface area contributed by atoms with Gasteiger partial charge < -0.3 is 19.4 Å². The van der Waals surface area contributed by atoms with Gasteiger partial charge in [0.15, 0.2) is 0 Å². The van der Waals surface area contributed by atoms with E-state index in [4.69, 9.17) is 4.74 Å². The molecule has 7 heteroatoms. The highest BCUT2D eigenvalue weighted by molar-refractivity contribution is 6.00. The number of nitrogens with zero attached hydrogens (tertiary/aromatic N) is 3. The third-order valence-electron chi connectivity index (χ3n) is 7.34. The molecular weight excluding hydrogens is 406 g/mol. The Morgan fingerprint density at radius 3 is 2.31 bits per heavy atom. The van der Waals surface area contributed by atoms with Crippen LogP contribution < -0.4 is 4.74 Å². The number of hydrogen-bond acceptors (Lipinski definition) is 4. The van der Waals surface area contributed by atoms with Gasteiger partial charge in [0.2, 0.25) is 11.8 Å². The highest BCUT2D eigenvalue weighted by Gasteiger charge is 2.49. The van der Waals surface area contributed by atoms with Gasteiger partial charge in [-0.3, -0.25) is 14.4 Å². The van der Waals surface area contributed by atoms with Crippen LogP contribution in [0.1, 0.15) is 56.3 Å². The summed E-state index contributed by atoms with van der Waals surface area (Å²) in [6.45, 7) is 5.98. The molecule has 7 nitrogen and oxygen atoms in total. The molecule has 1 saturated carbocycles. The number of hydrogen-bond donors (Lipinski definition) is 0. The van der Waals surface area contributed by atoms with Gasteiger partial charge in [0.25, 0.3) is 5.91 Å². The van der Waals surface area contributed by atoms with E-state index in [1.165, 1.54) is 0 Å². The Balaban J connectivity index is 1.54. The Hall–Kier alpha value is -2.57. The third kappa shape index (κ3) is 4.21. The van der Waals surface area contributed by atoms with Gasteiger partial charge in [-0.05, 0) is 37.3 Å². The van der Waals surface area contributed by atoms with Crippen LogP contribution in [-0.2, 0) is 9.59 Å². The molecule has 1 aliphatic carbocycles. The molecule has 3 amide bonds. The van der Waals surface area contributed by atoms with Crippen LogP contribution in [0.25, 0.3) is 0 Å². The number of ether oxygens (including phenoxy) is 1. The normalized spacial score (nSPS) is 25.6. The second-order valence-electron chi connectivity index (χ2n) is 9.58. The molecule has 3 fully saturated rings. The van der Waals surface area contributed by atoms with Crippen LogP contribution >= 0.6 is 0 Å². The molecular formula is C25H35N3O4. The lowest BCUT2D eigenvalue weighted by atomic mass is 9.84. The van der Waals surface area contributed by atoms with Gasteiger partial charge in [-0.25, -0.2) is 0 Å². The lowest BCUT2D eigenvalue weighted by Gasteiger charge is -2.39. The molecule has 0 bridgehead atoms. The summed E-state index contributed by atoms with van der Waals surface area (Å²) in [6.07, 6.45) is 5.00. The fourth-order valence-corrected chi connectivity index (χ4v) is 5.66. The monoisotopic (exact) mass is 441 g/mol. The molecule has 2 aliphatic heterocycles. The summed E-state index contributed by atoms with van der Waals surface area (Å²) in [4.78, 5) is 45.3. The van der Waals surface area contributed by atoms with Gasteiger partial charge in [-0.1, -0.05) is 38.8 Å². The molecule has 2 saturated heterocycles. The van der Waals surface area contributed by atoms with Crippen LogP contribution in [0.5, 0.6) is 5.75 Å². The second-order valence-corrected chi connectivity index (χ2v) is 9.58. The minimum atomic E-state index is -0.437. The topological polar surface area (TPSA) is 70.2 Å². The minimum Gasteiger partial charge on any atom is -0.496 e. The van der Waals surface area contributed by atoms with Crippen molar-refractivity contribution in [3.05, 3.63) is 29.8 Å². The van der Waals surface area contributed by atoms with Gasteiger partial charge in [0, 0.05) is 38.1 Å². The van der Waals surface area contributed by atoms with Crippen LogP contribution in [-0.4, -0.2) is 77.8 Å². The number of fused-ring (bicyclic) bond motifs is 1. The molecule has 3 unspecified atom stereocenters. The number of carbonyl (C=O) groups excluding carboxylic acids is 3. The number of piperazine rings is 1. The minimum absolute atomic E-state index is 0.0271. The Kier molecular flexibility index (Phi) is 6.72. The average Bonchev–Trinajstić information content (AvgIpc) is 3.22. The molecule has 0 spiro atoms. The van der Waals surface area contributed by atoms with E-state index < -0.39 is 6.04 Å². The zero-order valence-electron chi connectivity index (χ0n) is 19.5. The van der Waals surface area contributed by atoms with Crippen molar-refractivity contribution in [3.8, 4) is 5.75 Å². The lowest BCUT2D eigenvalue weighted by Crippen LogP contribution is -2.56. The van der Waals surface area contributed by atoms with Crippen molar-refractivity contribution in [2.45, 2.75) is 58.0 Å². The van der Waals surface area contributed by atoms with E-state index in [1.54, 1.807) is 19.2 Å². The first-order chi connectivity index (χ1) is 15.4. The largest absolute Gasteiger partial charge is 0.496 e. The standard InChI is InChI=1S/C25H35N3O4/c1-17(2)23(29)26-12-14-27(15-13-26)25(31)21-16-18-8-4-6-10-20(18)28(21)24(30)19-9-5-7-11-22(19)32-3/h5,7,9,11,17-18,20-21H,4,6,8,10,12-16H2,1-3H3. The van der Waals surface area contributed by atoms with E-state index in [2.05, 4.69) is 0 Å². The van der Waals surface area contributed by atoms with E-state index in [0.29, 0.717) is 43.4 Å². The molecule has 0 N–H and O–H groups in total. The first-order valence-electron chi connectivity index (χ1n) is 12.0. The van der Waals surface area contributed by atoms with Crippen molar-refractivity contribution in [3.63, 3.8) is 0 Å². The number of benzene rings is 1. The van der Waals surface area contributed by atoms with E-state index in [-0.39, 0.29) is 29.7 Å². The van der Waals surface area contributed by atoms with Crippen LogP contribution in [0.2, 0.25) is 0 Å². The number of methoxy groups -OCH3 is 1. The van der Waals surface area contributed by atoms with Crippen molar-refractivity contribution in [2.75, 3.05) is 33.3 Å². The number of carbonyl (C=O) groups is 3. The Morgan fingerprint density at radius 2 is 1.62 bits per heavy atom. The molecule has 3 atom stereocenters. The molecule has 0 aromatic heterocycles. The summed E-state index contributed by atoms with van der Waals surface area (Å²) >= 11 is 0. The van der Waals surface area contributed by atoms with Crippen molar-refractivity contribution in [1.82, 2.24) is 14.7 Å². The number of para-hydroxylation sites is 1. The van der Waals surface area contributed by atoms with Gasteiger partial charge in [0.1, 0.15) is 11.8 Å². The van der Waals surface area contributed by atoms with E-state index in [9.17, 15) is 14.4 Å². The molecule has 1 aromatic rings. The van der Waals surface area contributed by atoms with Gasteiger partial charge in [-0.15, -0.1) is 0 Å². The molecule has 32 heavy (non-hydrogen) atoms. The molecule has 1 aromatic carbocycles. The first kappa shape index (κ1) is 22.6. The fraction of sp³-hybridized carbons (Fsp3) is 0.640. The molecule has 174 valence electrons. The predicted octanol–water partition coefficient (Wildman–Crippen LogP) is 2.80. The zero-order chi connectivity index (χ0) is 22.8. The van der Waals surface area contributed by atoms with Gasteiger partial charge >= 0.3 is 0 Å². The quantitative estimate of drug-likeness (QED) is 0.721. The molecule has 0 radical (unpaired) electrons. The third-order valence-corrected chi connectivity index (χ3v) is 7.34. The second kappa shape index (κ2) is 9.51. The molecule has 2 heterocycles. The Labute approximate surface area is 190 Å². The van der Waals surface area contributed by atoms with Crippen LogP contribution in [0.4, 0.5) is 0 Å². The van der Waals surface area contributed by atoms with E-state index in [1.807, 2.05) is 40.7 Å². The first-order valence-corrected chi connectivity index (χ1v) is 12.0. The summed E-state index contributed by atoms with van der Waals surface area (Å²) < 4.78 is 5.45. The maximum absolute atomic E-state index is 13.7. The number of amides is 3. The average molecular weight is 442 g/mol. The van der Waals surface area contributed by atoms with Crippen molar-refractivity contribution >= 4 is 17.7 Å². The van der Waals surface area contributed by atoms with E-state index in [0.717, 1.165) is 32.1 Å². The van der Waals surface area contributed by atoms with Crippen LogP contribution in [0.15, 0.2) is 24.3 Å². The van der Waals surface area contributed by atoms with Gasteiger partial charge in [0.05, 0.1) is 12.7 Å². The summed E-state index contributed by atoms with van der Waals surface area (Å²) in [7, 11) is 1.57. The maximum Gasteiger partial charge on any atom is 0.258 e. The van der Waals surface area contributed by atoms with Crippen LogP contribution in [0, 0.1) is 11.8 Å². The predicted molar refractivity (Wildman–Crippen MR) is 121 cm³/mol. The summed E-state index contributed by atoms with van der Waals surface area (Å²) in [5.74, 6) is 0.938. The van der Waals surface area contributed by atoms with Crippen LogP contribution in [0.3, 0.4) is 0 Å². The smallest absolute Gasteiger partial charge is 0.258 e. The number of likely N-dealkylation sites (tertiary alicyclic amines) is 1. The summed E-state index contributed by atoms with van der Waals surface area (Å²) in [6, 6.07) is 6.94. The highest BCUT2D eigenvalue weighted by Crippen LogP contribution is 2.41. The SMILES string of the molecule is COc1ccccc1C(=O)N1C(C(=O)N2CCN(C(=O)C(C)C)CC2)CC2CCCCC21. The van der Waals surface area contributed by atoms with E-state index >= 15 is 0 Å². The van der Waals surface area contributed by atoms with Gasteiger partial charge in [-0.2, -0.15) is 0 Å². The Morgan fingerprint density at radius 1 is 0.969 bits per heavy atom. The van der Waals surface area contributed by atoms with Crippen molar-refractivity contribution in [1.29, 1.82) is 0 Å². The molecule has 4 rings (SSSR count). The zero-order valence-corrected chi connectivity index (χ0v) is 19.5. The summed E-state index contributed by atoms with van der Waals surface area (Å²) in [5, 5.41) is 0. The maximum atomic E-state index is 13.7. The highest BCUT2D eigenvalue weighted by atomic mass is 16.5. The molecule has 3 aliphatic rings. The Bertz CT molecular complexity index is 862. The van der Waals surface area contributed by atoms with Crippen molar-refractivity contribution in [2.24, 2.45) is 11.8 Å². The van der Waals surface area contributed by atoms with Crippen molar-refractivity contribution < 1.29 is 19.1 Å². The fourth-order valence-electron chi connectivity index (χ4n) is 5.66. The number of rotatable bonds is 4. The summed E-state index contributed by atoms with van der Waals surface area (Å²) in [5.41, 5.74) is 0.520.